The van der Waals surface area contributed by atoms with Crippen LogP contribution >= 0.6 is 23.8 Å². The molecule has 3 heterocycles. The summed E-state index contributed by atoms with van der Waals surface area (Å²) in [5.41, 5.74) is 9.01. The van der Waals surface area contributed by atoms with Crippen molar-refractivity contribution in [3.63, 3.8) is 0 Å². The fourth-order valence-electron chi connectivity index (χ4n) is 5.17. The van der Waals surface area contributed by atoms with Crippen molar-refractivity contribution in [2.75, 3.05) is 12.0 Å². The third kappa shape index (κ3) is 4.14. The second kappa shape index (κ2) is 9.60. The standard InChI is InChI=1S/C29H29ClN4OS/c1-17-9-10-18(2)25(14-17)33-19(3)15-22(20(33)4)28-27(24-8-6-7-13-31-24)32-29(36)34(28)21-11-12-26(35-5)23(30)16-21/h6-16,27-28H,1-5H3,(H,32,36). The summed E-state index contributed by atoms with van der Waals surface area (Å²) in [6.45, 7) is 8.62. The molecule has 1 fully saturated rings. The zero-order valence-corrected chi connectivity index (χ0v) is 22.6. The van der Waals surface area contributed by atoms with E-state index in [0.29, 0.717) is 15.9 Å². The maximum absolute atomic E-state index is 6.54. The maximum atomic E-state index is 6.54. The number of nitrogens with one attached hydrogen (secondary N) is 1. The number of ether oxygens (including phenoxy) is 1. The summed E-state index contributed by atoms with van der Waals surface area (Å²) >= 11 is 12.4. The van der Waals surface area contributed by atoms with Gasteiger partial charge in [0.2, 0.25) is 0 Å². The molecule has 0 bridgehead atoms. The van der Waals surface area contributed by atoms with Crippen molar-refractivity contribution in [3.05, 3.63) is 106 Å². The minimum atomic E-state index is -0.132. The summed E-state index contributed by atoms with van der Waals surface area (Å²) in [6.07, 6.45) is 1.82. The molecule has 1 aliphatic rings. The third-order valence-electron chi connectivity index (χ3n) is 6.91. The zero-order valence-electron chi connectivity index (χ0n) is 21.0. The monoisotopic (exact) mass is 516 g/mol. The number of benzene rings is 2. The maximum Gasteiger partial charge on any atom is 0.174 e. The molecule has 4 aromatic rings. The Morgan fingerprint density at radius 1 is 1.00 bits per heavy atom. The van der Waals surface area contributed by atoms with Gasteiger partial charge in [-0.2, -0.15) is 0 Å². The number of aromatic nitrogens is 2. The molecule has 1 N–H and O–H groups in total. The molecule has 5 rings (SSSR count). The molecule has 7 heteroatoms. The van der Waals surface area contributed by atoms with Crippen LogP contribution in [0.1, 0.15) is 45.9 Å². The molecule has 1 aliphatic heterocycles. The van der Waals surface area contributed by atoms with Crippen molar-refractivity contribution < 1.29 is 4.74 Å². The first-order valence-electron chi connectivity index (χ1n) is 11.9. The average molecular weight is 517 g/mol. The highest BCUT2D eigenvalue weighted by atomic mass is 35.5. The van der Waals surface area contributed by atoms with Crippen LogP contribution in [0.4, 0.5) is 5.69 Å². The molecule has 0 amide bonds. The second-order valence-corrected chi connectivity index (χ2v) is 10.1. The molecule has 36 heavy (non-hydrogen) atoms. The Balaban J connectivity index is 1.70. The number of halogens is 1. The van der Waals surface area contributed by atoms with Crippen LogP contribution < -0.4 is 15.0 Å². The van der Waals surface area contributed by atoms with Crippen LogP contribution in [0, 0.1) is 27.7 Å². The predicted molar refractivity (Wildman–Crippen MR) is 151 cm³/mol. The van der Waals surface area contributed by atoms with E-state index in [-0.39, 0.29) is 12.1 Å². The predicted octanol–water partition coefficient (Wildman–Crippen LogP) is 6.95. The first kappa shape index (κ1) is 24.3. The Morgan fingerprint density at radius 3 is 2.50 bits per heavy atom. The van der Waals surface area contributed by atoms with Crippen molar-refractivity contribution in [1.29, 1.82) is 0 Å². The van der Waals surface area contributed by atoms with Gasteiger partial charge in [0.05, 0.1) is 29.9 Å². The summed E-state index contributed by atoms with van der Waals surface area (Å²) in [4.78, 5) is 6.83. The summed E-state index contributed by atoms with van der Waals surface area (Å²) in [7, 11) is 1.62. The number of hydrogen-bond donors (Lipinski definition) is 1. The van der Waals surface area contributed by atoms with Gasteiger partial charge in [0.15, 0.2) is 5.11 Å². The Hall–Kier alpha value is -3.35. The van der Waals surface area contributed by atoms with E-state index in [2.05, 4.69) is 71.7 Å². The van der Waals surface area contributed by atoms with E-state index in [9.17, 15) is 0 Å². The van der Waals surface area contributed by atoms with Crippen LogP contribution in [0.3, 0.4) is 0 Å². The van der Waals surface area contributed by atoms with Crippen LogP contribution in [-0.2, 0) is 0 Å². The van der Waals surface area contributed by atoms with E-state index in [1.165, 1.54) is 33.8 Å². The smallest absolute Gasteiger partial charge is 0.174 e. The van der Waals surface area contributed by atoms with Crippen molar-refractivity contribution in [3.8, 4) is 11.4 Å². The van der Waals surface area contributed by atoms with E-state index in [1.54, 1.807) is 7.11 Å². The molecular weight excluding hydrogens is 488 g/mol. The molecule has 0 spiro atoms. The van der Waals surface area contributed by atoms with Gasteiger partial charge in [0.25, 0.3) is 0 Å². The van der Waals surface area contributed by atoms with Gasteiger partial charge in [-0.3, -0.25) is 4.98 Å². The summed E-state index contributed by atoms with van der Waals surface area (Å²) in [6, 6.07) is 20.4. The number of pyridine rings is 1. The third-order valence-corrected chi connectivity index (χ3v) is 7.52. The Bertz CT molecular complexity index is 1450. The van der Waals surface area contributed by atoms with Gasteiger partial charge < -0.3 is 19.5 Å². The Kier molecular flexibility index (Phi) is 6.49. The number of thiocarbonyl (C=S) groups is 1. The molecule has 2 aromatic carbocycles. The van der Waals surface area contributed by atoms with Gasteiger partial charge in [0, 0.05) is 29.0 Å². The number of anilines is 1. The molecule has 0 saturated carbocycles. The average Bonchev–Trinajstić information content (AvgIpc) is 3.36. The van der Waals surface area contributed by atoms with Crippen LogP contribution in [0.5, 0.6) is 5.75 Å². The van der Waals surface area contributed by atoms with Crippen LogP contribution in [-0.4, -0.2) is 21.8 Å². The van der Waals surface area contributed by atoms with Crippen LogP contribution in [0.25, 0.3) is 5.69 Å². The molecule has 184 valence electrons. The SMILES string of the molecule is COc1ccc(N2C(=S)NC(c3ccccn3)C2c2cc(C)n(-c3cc(C)ccc3C)c2C)cc1Cl. The molecule has 2 atom stereocenters. The summed E-state index contributed by atoms with van der Waals surface area (Å²) < 4.78 is 7.73. The lowest BCUT2D eigenvalue weighted by Gasteiger charge is -2.28. The molecular formula is C29H29ClN4OS. The van der Waals surface area contributed by atoms with Gasteiger partial charge in [0.1, 0.15) is 5.75 Å². The molecule has 2 unspecified atom stereocenters. The van der Waals surface area contributed by atoms with Crippen molar-refractivity contribution >= 4 is 34.6 Å². The molecule has 0 aliphatic carbocycles. The fourth-order valence-corrected chi connectivity index (χ4v) is 5.77. The minimum absolute atomic E-state index is 0.123. The lowest BCUT2D eigenvalue weighted by atomic mass is 9.96. The van der Waals surface area contributed by atoms with Crippen molar-refractivity contribution in [2.24, 2.45) is 0 Å². The number of methoxy groups -OCH3 is 1. The van der Waals surface area contributed by atoms with E-state index >= 15 is 0 Å². The van der Waals surface area contributed by atoms with E-state index in [0.717, 1.165) is 11.4 Å². The van der Waals surface area contributed by atoms with Crippen LogP contribution in [0.2, 0.25) is 5.02 Å². The molecule has 5 nitrogen and oxygen atoms in total. The quantitative estimate of drug-likeness (QED) is 0.291. The Labute approximate surface area is 222 Å². The molecule has 1 saturated heterocycles. The first-order valence-corrected chi connectivity index (χ1v) is 12.7. The second-order valence-electron chi connectivity index (χ2n) is 9.27. The van der Waals surface area contributed by atoms with Gasteiger partial charge in [-0.25, -0.2) is 0 Å². The molecule has 2 aromatic heterocycles. The summed E-state index contributed by atoms with van der Waals surface area (Å²) in [5.74, 6) is 0.629. The molecule has 0 radical (unpaired) electrons. The summed E-state index contributed by atoms with van der Waals surface area (Å²) in [5, 5.41) is 4.72. The largest absolute Gasteiger partial charge is 0.495 e. The van der Waals surface area contributed by atoms with Crippen molar-refractivity contribution in [2.45, 2.75) is 39.8 Å². The fraction of sp³-hybridized carbons (Fsp3) is 0.241. The van der Waals surface area contributed by atoms with E-state index in [1.807, 2.05) is 42.6 Å². The lowest BCUT2D eigenvalue weighted by Crippen LogP contribution is -2.29. The zero-order chi connectivity index (χ0) is 25.6. The lowest BCUT2D eigenvalue weighted by molar-refractivity contribution is 0.415. The highest BCUT2D eigenvalue weighted by Gasteiger charge is 2.42. The number of aryl methyl sites for hydroxylation is 3. The number of nitrogens with zero attached hydrogens (tertiary/aromatic N) is 3. The van der Waals surface area contributed by atoms with Crippen molar-refractivity contribution in [1.82, 2.24) is 14.9 Å². The Morgan fingerprint density at radius 2 is 1.81 bits per heavy atom. The highest BCUT2D eigenvalue weighted by Crippen LogP contribution is 2.45. The highest BCUT2D eigenvalue weighted by molar-refractivity contribution is 7.80. The first-order chi connectivity index (χ1) is 17.3. The van der Waals surface area contributed by atoms with E-state index in [4.69, 9.17) is 28.6 Å². The van der Waals surface area contributed by atoms with Gasteiger partial charge >= 0.3 is 0 Å². The van der Waals surface area contributed by atoms with E-state index < -0.39 is 0 Å². The topological polar surface area (TPSA) is 42.3 Å². The number of rotatable bonds is 5. The van der Waals surface area contributed by atoms with Crippen LogP contribution in [0.15, 0.2) is 66.9 Å². The normalized spacial score (nSPS) is 17.4. The van der Waals surface area contributed by atoms with Gasteiger partial charge in [-0.15, -0.1) is 0 Å². The minimum Gasteiger partial charge on any atom is -0.495 e. The number of hydrogen-bond acceptors (Lipinski definition) is 3. The van der Waals surface area contributed by atoms with Gasteiger partial charge in [-0.05, 0) is 99.1 Å². The van der Waals surface area contributed by atoms with Gasteiger partial charge in [-0.1, -0.05) is 29.8 Å².